The highest BCUT2D eigenvalue weighted by Gasteiger charge is 2.31. The predicted octanol–water partition coefficient (Wildman–Crippen LogP) is 3.37. The molecule has 12 nitrogen and oxygen atoms in total. The second kappa shape index (κ2) is 10.0. The molecule has 1 aliphatic heterocycles. The molecule has 2 aromatic carbocycles. The summed E-state index contributed by atoms with van der Waals surface area (Å²) < 4.78 is 29.4. The number of aromatic nitrogens is 3. The van der Waals surface area contributed by atoms with Crippen LogP contribution in [0.2, 0.25) is 0 Å². The van der Waals surface area contributed by atoms with E-state index in [2.05, 4.69) is 25.6 Å². The van der Waals surface area contributed by atoms with E-state index in [0.29, 0.717) is 41.2 Å². The molecule has 4 N–H and O–H groups in total. The second-order valence-electron chi connectivity index (χ2n) is 10.1. The topological polar surface area (TPSA) is 170 Å². The van der Waals surface area contributed by atoms with Gasteiger partial charge in [0.2, 0.25) is 16.0 Å². The van der Waals surface area contributed by atoms with Crippen LogP contribution in [-0.4, -0.2) is 65.0 Å². The minimum absolute atomic E-state index is 0.0354. The van der Waals surface area contributed by atoms with E-state index >= 15 is 0 Å². The van der Waals surface area contributed by atoms with Gasteiger partial charge in [-0.05, 0) is 57.5 Å². The Bertz CT molecular complexity index is 1700. The number of nitrogens with one attached hydrogen (secondary N) is 2. The highest BCUT2D eigenvalue weighted by molar-refractivity contribution is 7.89. The van der Waals surface area contributed by atoms with E-state index in [1.807, 2.05) is 12.1 Å². The summed E-state index contributed by atoms with van der Waals surface area (Å²) in [6.45, 7) is 6.24. The summed E-state index contributed by atoms with van der Waals surface area (Å²) in [6.07, 6.45) is 1.75. The van der Waals surface area contributed by atoms with Crippen LogP contribution in [0.5, 0.6) is 0 Å². The molecule has 2 aromatic heterocycles. The van der Waals surface area contributed by atoms with Crippen molar-refractivity contribution in [2.24, 2.45) is 5.14 Å². The van der Waals surface area contributed by atoms with Gasteiger partial charge in [0.25, 0.3) is 5.91 Å². The van der Waals surface area contributed by atoms with Crippen molar-refractivity contribution in [3.63, 3.8) is 0 Å². The van der Waals surface area contributed by atoms with Gasteiger partial charge in [0, 0.05) is 30.4 Å². The molecule has 1 fully saturated rings. The molecule has 0 spiro atoms. The Morgan fingerprint density at radius 3 is 2.72 bits per heavy atom. The Morgan fingerprint density at radius 2 is 1.97 bits per heavy atom. The van der Waals surface area contributed by atoms with Gasteiger partial charge in [-0.15, -0.1) is 11.3 Å². The van der Waals surface area contributed by atoms with E-state index in [4.69, 9.17) is 9.88 Å². The lowest BCUT2D eigenvalue weighted by Gasteiger charge is -2.21. The lowest BCUT2D eigenvalue weighted by Crippen LogP contribution is -2.41. The van der Waals surface area contributed by atoms with E-state index in [9.17, 15) is 18.0 Å². The van der Waals surface area contributed by atoms with Crippen LogP contribution in [-0.2, 0) is 14.8 Å². The Morgan fingerprint density at radius 1 is 1.18 bits per heavy atom. The fourth-order valence-electron chi connectivity index (χ4n) is 4.18. The fourth-order valence-corrected chi connectivity index (χ4v) is 5.77. The molecule has 0 aliphatic carbocycles. The first kappa shape index (κ1) is 26.7. The maximum absolute atomic E-state index is 13.3. The third-order valence-corrected chi connectivity index (χ3v) is 7.88. The van der Waals surface area contributed by atoms with Crippen LogP contribution in [0.3, 0.4) is 0 Å². The summed E-state index contributed by atoms with van der Waals surface area (Å²) in [7, 11) is -3.86. The molecule has 1 aliphatic rings. The van der Waals surface area contributed by atoms with Crippen molar-refractivity contribution in [1.82, 2.24) is 25.2 Å². The number of rotatable bonds is 5. The van der Waals surface area contributed by atoms with Gasteiger partial charge in [-0.3, -0.25) is 4.79 Å². The van der Waals surface area contributed by atoms with Crippen molar-refractivity contribution < 1.29 is 22.7 Å². The summed E-state index contributed by atoms with van der Waals surface area (Å²) >= 11 is 1.24. The number of hydrogen-bond acceptors (Lipinski definition) is 10. The first-order valence-electron chi connectivity index (χ1n) is 12.1. The van der Waals surface area contributed by atoms with Gasteiger partial charge in [0.1, 0.15) is 5.60 Å². The minimum atomic E-state index is -3.86. The molecule has 1 unspecified atom stereocenters. The zero-order chi connectivity index (χ0) is 27.9. The van der Waals surface area contributed by atoms with Crippen molar-refractivity contribution >= 4 is 66.1 Å². The second-order valence-corrected chi connectivity index (χ2v) is 12.7. The number of anilines is 2. The van der Waals surface area contributed by atoms with Gasteiger partial charge < -0.3 is 20.3 Å². The number of alkyl carbamates (subject to hydrolysis) is 1. The summed E-state index contributed by atoms with van der Waals surface area (Å²) in [6, 6.07) is 9.47. The van der Waals surface area contributed by atoms with E-state index < -0.39 is 21.7 Å². The molecule has 0 bridgehead atoms. The van der Waals surface area contributed by atoms with Crippen molar-refractivity contribution in [2.75, 3.05) is 18.4 Å². The number of primary sulfonamides is 1. The number of nitrogens with zero attached hydrogens (tertiary/aromatic N) is 4. The van der Waals surface area contributed by atoms with Gasteiger partial charge in [-0.25, -0.2) is 33.3 Å². The molecule has 39 heavy (non-hydrogen) atoms. The number of carbonyl (C=O) groups excluding carboxylic acids is 2. The number of thiazole rings is 1. The molecule has 0 saturated carbocycles. The molecule has 1 saturated heterocycles. The largest absolute Gasteiger partial charge is 0.444 e. The number of sulfonamides is 1. The molecule has 0 radical (unpaired) electrons. The Hall–Kier alpha value is -3.88. The fraction of sp³-hybridized carbons (Fsp3) is 0.320. The molecule has 14 heteroatoms. The molecular weight excluding hydrogens is 542 g/mol. The van der Waals surface area contributed by atoms with Crippen LogP contribution >= 0.6 is 11.3 Å². The number of nitrogens with two attached hydrogens (primary N) is 1. The third-order valence-electron chi connectivity index (χ3n) is 5.90. The number of amides is 2. The first-order chi connectivity index (χ1) is 18.4. The zero-order valence-corrected chi connectivity index (χ0v) is 23.1. The highest BCUT2D eigenvalue weighted by Crippen LogP contribution is 2.31. The van der Waals surface area contributed by atoms with Crippen molar-refractivity contribution in [3.05, 3.63) is 47.6 Å². The number of ether oxygens (including phenoxy) is 1. The van der Waals surface area contributed by atoms with Crippen molar-refractivity contribution in [2.45, 2.75) is 43.7 Å². The molecule has 4 aromatic rings. The maximum atomic E-state index is 13.3. The minimum Gasteiger partial charge on any atom is -0.444 e. The average molecular weight is 570 g/mol. The molecular formula is C25H27N7O5S2. The van der Waals surface area contributed by atoms with Crippen LogP contribution in [0, 0.1) is 0 Å². The van der Waals surface area contributed by atoms with Crippen LogP contribution < -0.4 is 15.8 Å². The Labute approximate surface area is 228 Å². The zero-order valence-electron chi connectivity index (χ0n) is 21.5. The summed E-state index contributed by atoms with van der Waals surface area (Å²) in [5.41, 5.74) is 1.09. The Balaban J connectivity index is 1.36. The van der Waals surface area contributed by atoms with Gasteiger partial charge in [-0.2, -0.15) is 0 Å². The van der Waals surface area contributed by atoms with Crippen LogP contribution in [0.4, 0.5) is 16.4 Å². The summed E-state index contributed by atoms with van der Waals surface area (Å²) in [5.74, 6) is 0.0310. The number of hydrogen-bond donors (Lipinski definition) is 3. The Kier molecular flexibility index (Phi) is 6.86. The standard InChI is InChI=1S/C25H27N7O5S2/c1-25(2,3)37-24(34)29-16-9-10-32(13-16)22(33)21-30-18-8-7-14-12-27-23(31-19(14)20(18)38-21)28-15-5-4-6-17(11-15)39(26,35)36/h4-8,11-12,16H,9-10,13H2,1-3H3,(H,29,34)(H2,26,35,36)(H,27,28,31). The van der Waals surface area contributed by atoms with Gasteiger partial charge >= 0.3 is 6.09 Å². The van der Waals surface area contributed by atoms with Crippen molar-refractivity contribution in [1.29, 1.82) is 0 Å². The number of benzene rings is 2. The third kappa shape index (κ3) is 6.08. The monoisotopic (exact) mass is 569 g/mol. The lowest BCUT2D eigenvalue weighted by atomic mass is 10.2. The number of likely N-dealkylation sites (tertiary alicyclic amines) is 1. The maximum Gasteiger partial charge on any atom is 0.407 e. The van der Waals surface area contributed by atoms with Gasteiger partial charge in [0.05, 0.1) is 26.7 Å². The van der Waals surface area contributed by atoms with E-state index in [1.165, 1.54) is 23.5 Å². The number of carbonyl (C=O) groups is 2. The highest BCUT2D eigenvalue weighted by atomic mass is 32.2. The SMILES string of the molecule is CC(C)(C)OC(=O)NC1CCN(C(=O)c2nc3ccc4cnc(Nc5cccc(S(N)(=O)=O)c5)nc4c3s2)C1. The smallest absolute Gasteiger partial charge is 0.407 e. The number of fused-ring (bicyclic) bond motifs is 3. The normalized spacial score (nSPS) is 16.0. The molecule has 5 rings (SSSR count). The quantitative estimate of drug-likeness (QED) is 0.326. The first-order valence-corrected chi connectivity index (χ1v) is 14.5. The van der Waals surface area contributed by atoms with E-state index in [-0.39, 0.29) is 22.8 Å². The van der Waals surface area contributed by atoms with Crippen LogP contribution in [0.1, 0.15) is 37.0 Å². The molecule has 3 heterocycles. The van der Waals surface area contributed by atoms with E-state index in [0.717, 1.165) is 10.1 Å². The van der Waals surface area contributed by atoms with Crippen LogP contribution in [0.15, 0.2) is 47.5 Å². The molecule has 204 valence electrons. The summed E-state index contributed by atoms with van der Waals surface area (Å²) in [4.78, 5) is 40.5. The van der Waals surface area contributed by atoms with Gasteiger partial charge in [0.15, 0.2) is 5.01 Å². The molecule has 1 atom stereocenters. The average Bonchev–Trinajstić information content (AvgIpc) is 3.49. The van der Waals surface area contributed by atoms with Gasteiger partial charge in [-0.1, -0.05) is 6.07 Å². The molecule has 2 amide bonds. The van der Waals surface area contributed by atoms with Crippen molar-refractivity contribution in [3.8, 4) is 0 Å². The summed E-state index contributed by atoms with van der Waals surface area (Å²) in [5, 5.41) is 12.1. The lowest BCUT2D eigenvalue weighted by molar-refractivity contribution is 0.0502. The van der Waals surface area contributed by atoms with E-state index in [1.54, 1.807) is 44.0 Å². The van der Waals surface area contributed by atoms with Crippen LogP contribution in [0.25, 0.3) is 21.1 Å². The predicted molar refractivity (Wildman–Crippen MR) is 147 cm³/mol.